The summed E-state index contributed by atoms with van der Waals surface area (Å²) in [5.41, 5.74) is 4.21. The van der Waals surface area contributed by atoms with Crippen molar-refractivity contribution < 1.29 is 9.59 Å². The molecular weight excluding hydrogens is 402 g/mol. The molecule has 2 aromatic heterocycles. The van der Waals surface area contributed by atoms with Gasteiger partial charge in [-0.2, -0.15) is 0 Å². The van der Waals surface area contributed by atoms with E-state index >= 15 is 0 Å². The zero-order chi connectivity index (χ0) is 20.5. The first kappa shape index (κ1) is 19.8. The van der Waals surface area contributed by atoms with E-state index in [9.17, 15) is 9.59 Å². The SMILES string of the molecule is Cc1c(NC(=O)c2nc(C(C)C)cs2)cccc1C(=O)N1CCc2sccc2C1. The molecule has 0 saturated carbocycles. The first-order valence-electron chi connectivity index (χ1n) is 9.65. The minimum atomic E-state index is -0.240. The highest BCUT2D eigenvalue weighted by Gasteiger charge is 2.24. The lowest BCUT2D eigenvalue weighted by Crippen LogP contribution is -2.35. The fraction of sp³-hybridized carbons (Fsp3) is 0.318. The number of hydrogen-bond donors (Lipinski definition) is 1. The number of anilines is 1. The van der Waals surface area contributed by atoms with Gasteiger partial charge in [0.2, 0.25) is 0 Å². The third kappa shape index (κ3) is 3.97. The van der Waals surface area contributed by atoms with E-state index in [0.717, 1.165) is 24.2 Å². The minimum Gasteiger partial charge on any atom is -0.334 e. The van der Waals surface area contributed by atoms with Gasteiger partial charge in [-0.25, -0.2) is 4.98 Å². The fourth-order valence-electron chi connectivity index (χ4n) is 3.43. The molecule has 1 aliphatic heterocycles. The van der Waals surface area contributed by atoms with Crippen LogP contribution in [-0.4, -0.2) is 28.2 Å². The van der Waals surface area contributed by atoms with Crippen LogP contribution in [-0.2, 0) is 13.0 Å². The Hall–Kier alpha value is -2.51. The van der Waals surface area contributed by atoms with Gasteiger partial charge >= 0.3 is 0 Å². The first-order valence-corrected chi connectivity index (χ1v) is 11.4. The Morgan fingerprint density at radius 1 is 1.21 bits per heavy atom. The van der Waals surface area contributed by atoms with Gasteiger partial charge in [0.15, 0.2) is 5.01 Å². The highest BCUT2D eigenvalue weighted by molar-refractivity contribution is 7.11. The monoisotopic (exact) mass is 425 g/mol. The molecule has 0 aliphatic carbocycles. The molecule has 4 rings (SSSR count). The van der Waals surface area contributed by atoms with E-state index in [1.807, 2.05) is 35.4 Å². The molecule has 1 N–H and O–H groups in total. The number of carbonyl (C=O) groups is 2. The summed E-state index contributed by atoms with van der Waals surface area (Å²) in [5, 5.41) is 7.37. The summed E-state index contributed by atoms with van der Waals surface area (Å²) in [6, 6.07) is 7.57. The molecular formula is C22H23N3O2S2. The molecule has 0 radical (unpaired) electrons. The van der Waals surface area contributed by atoms with Crippen LogP contribution in [0.1, 0.15) is 61.6 Å². The number of thiazole rings is 1. The second-order valence-corrected chi connectivity index (χ2v) is 9.37. The third-order valence-electron chi connectivity index (χ3n) is 5.22. The number of nitrogens with one attached hydrogen (secondary N) is 1. The van der Waals surface area contributed by atoms with Crippen LogP contribution in [0.5, 0.6) is 0 Å². The van der Waals surface area contributed by atoms with Crippen molar-refractivity contribution in [2.45, 2.75) is 39.7 Å². The quantitative estimate of drug-likeness (QED) is 0.633. The molecule has 0 saturated heterocycles. The summed E-state index contributed by atoms with van der Waals surface area (Å²) in [6.07, 6.45) is 0.899. The van der Waals surface area contributed by atoms with E-state index in [1.54, 1.807) is 11.3 Å². The van der Waals surface area contributed by atoms with Crippen molar-refractivity contribution in [2.75, 3.05) is 11.9 Å². The summed E-state index contributed by atoms with van der Waals surface area (Å²) in [4.78, 5) is 33.5. The Balaban J connectivity index is 1.52. The molecule has 0 bridgehead atoms. The molecule has 29 heavy (non-hydrogen) atoms. The number of benzene rings is 1. The van der Waals surface area contributed by atoms with Crippen molar-refractivity contribution in [2.24, 2.45) is 0 Å². The van der Waals surface area contributed by atoms with E-state index in [2.05, 4.69) is 35.6 Å². The molecule has 7 heteroatoms. The summed E-state index contributed by atoms with van der Waals surface area (Å²) >= 11 is 3.10. The second-order valence-electron chi connectivity index (χ2n) is 7.51. The van der Waals surface area contributed by atoms with Gasteiger partial charge in [-0.05, 0) is 54.0 Å². The predicted octanol–water partition coefficient (Wildman–Crippen LogP) is 5.09. The molecule has 3 aromatic rings. The Bertz CT molecular complexity index is 1070. The van der Waals surface area contributed by atoms with Crippen LogP contribution >= 0.6 is 22.7 Å². The standard InChI is InChI=1S/C22H23N3O2S2/c1-13(2)18-12-29-21(24-18)20(26)23-17-6-4-5-16(14(17)3)22(27)25-9-7-19-15(11-25)8-10-28-19/h4-6,8,10,12-13H,7,9,11H2,1-3H3,(H,23,26). The number of rotatable bonds is 4. The van der Waals surface area contributed by atoms with Gasteiger partial charge in [0, 0.05) is 34.6 Å². The molecule has 0 unspecified atom stereocenters. The number of aromatic nitrogens is 1. The van der Waals surface area contributed by atoms with Crippen LogP contribution in [0.2, 0.25) is 0 Å². The zero-order valence-corrected chi connectivity index (χ0v) is 18.3. The topological polar surface area (TPSA) is 62.3 Å². The Morgan fingerprint density at radius 2 is 2.03 bits per heavy atom. The lowest BCUT2D eigenvalue weighted by molar-refractivity contribution is 0.0735. The van der Waals surface area contributed by atoms with E-state index in [4.69, 9.17) is 0 Å². The number of hydrogen-bond acceptors (Lipinski definition) is 5. The maximum absolute atomic E-state index is 13.1. The van der Waals surface area contributed by atoms with Crippen LogP contribution in [0.25, 0.3) is 0 Å². The molecule has 2 amide bonds. The van der Waals surface area contributed by atoms with Gasteiger partial charge in [-0.15, -0.1) is 22.7 Å². The van der Waals surface area contributed by atoms with Gasteiger partial charge in [0.05, 0.1) is 5.69 Å². The molecule has 0 atom stereocenters. The van der Waals surface area contributed by atoms with Gasteiger partial charge in [0.1, 0.15) is 0 Å². The first-order chi connectivity index (χ1) is 13.9. The number of fused-ring (bicyclic) bond motifs is 1. The fourth-order valence-corrected chi connectivity index (χ4v) is 5.19. The van der Waals surface area contributed by atoms with Crippen molar-refractivity contribution in [3.8, 4) is 0 Å². The number of thiophene rings is 1. The lowest BCUT2D eigenvalue weighted by atomic mass is 10.0. The van der Waals surface area contributed by atoms with Crippen molar-refractivity contribution in [1.29, 1.82) is 0 Å². The summed E-state index contributed by atoms with van der Waals surface area (Å²) < 4.78 is 0. The van der Waals surface area contributed by atoms with Crippen molar-refractivity contribution in [3.63, 3.8) is 0 Å². The van der Waals surface area contributed by atoms with Crippen LogP contribution in [0.4, 0.5) is 5.69 Å². The molecule has 0 spiro atoms. The van der Waals surface area contributed by atoms with Crippen LogP contribution < -0.4 is 5.32 Å². The second kappa shape index (κ2) is 8.08. The van der Waals surface area contributed by atoms with Crippen LogP contribution in [0.3, 0.4) is 0 Å². The van der Waals surface area contributed by atoms with Crippen LogP contribution in [0, 0.1) is 6.92 Å². The Morgan fingerprint density at radius 3 is 2.79 bits per heavy atom. The maximum atomic E-state index is 13.1. The number of carbonyl (C=O) groups excluding carboxylic acids is 2. The van der Waals surface area contributed by atoms with Crippen molar-refractivity contribution in [1.82, 2.24) is 9.88 Å². The Kier molecular flexibility index (Phi) is 5.52. The van der Waals surface area contributed by atoms with Gasteiger partial charge in [-0.3, -0.25) is 9.59 Å². The highest BCUT2D eigenvalue weighted by atomic mass is 32.1. The zero-order valence-electron chi connectivity index (χ0n) is 16.7. The molecule has 1 aliphatic rings. The predicted molar refractivity (Wildman–Crippen MR) is 118 cm³/mol. The molecule has 1 aromatic carbocycles. The van der Waals surface area contributed by atoms with Crippen LogP contribution in [0.15, 0.2) is 35.0 Å². The van der Waals surface area contributed by atoms with Crippen molar-refractivity contribution in [3.05, 3.63) is 67.3 Å². The van der Waals surface area contributed by atoms with E-state index in [-0.39, 0.29) is 17.7 Å². The van der Waals surface area contributed by atoms with Gasteiger partial charge in [0.25, 0.3) is 11.8 Å². The van der Waals surface area contributed by atoms with Crippen molar-refractivity contribution >= 4 is 40.2 Å². The summed E-state index contributed by atoms with van der Waals surface area (Å²) in [7, 11) is 0. The molecule has 0 fully saturated rings. The van der Waals surface area contributed by atoms with Gasteiger partial charge in [-0.1, -0.05) is 19.9 Å². The normalized spacial score (nSPS) is 13.4. The summed E-state index contributed by atoms with van der Waals surface area (Å²) in [6.45, 7) is 7.35. The highest BCUT2D eigenvalue weighted by Crippen LogP contribution is 2.27. The molecule has 5 nitrogen and oxygen atoms in total. The smallest absolute Gasteiger partial charge is 0.284 e. The molecule has 150 valence electrons. The van der Waals surface area contributed by atoms with E-state index in [0.29, 0.717) is 22.8 Å². The summed E-state index contributed by atoms with van der Waals surface area (Å²) in [5.74, 6) is 0.0473. The third-order valence-corrected chi connectivity index (χ3v) is 7.10. The lowest BCUT2D eigenvalue weighted by Gasteiger charge is -2.28. The molecule has 3 heterocycles. The number of amides is 2. The van der Waals surface area contributed by atoms with E-state index < -0.39 is 0 Å². The van der Waals surface area contributed by atoms with E-state index in [1.165, 1.54) is 21.8 Å². The largest absolute Gasteiger partial charge is 0.334 e. The Labute approximate surface area is 178 Å². The average Bonchev–Trinajstić information content (AvgIpc) is 3.38. The van der Waals surface area contributed by atoms with Gasteiger partial charge < -0.3 is 10.2 Å². The number of nitrogens with zero attached hydrogens (tertiary/aromatic N) is 2. The minimum absolute atomic E-state index is 0.00629. The average molecular weight is 426 g/mol. The maximum Gasteiger partial charge on any atom is 0.284 e.